The first-order valence-electron chi connectivity index (χ1n) is 10.8. The summed E-state index contributed by atoms with van der Waals surface area (Å²) >= 11 is 7.10. The molecule has 10 heteroatoms. The molecule has 3 heterocycles. The second-order valence-corrected chi connectivity index (χ2v) is 10.8. The fourth-order valence-corrected chi connectivity index (χ4v) is 4.83. The van der Waals surface area contributed by atoms with E-state index in [-0.39, 0.29) is 5.41 Å². The van der Waals surface area contributed by atoms with E-state index in [2.05, 4.69) is 118 Å². The molecule has 0 saturated heterocycles. The van der Waals surface area contributed by atoms with Crippen LogP contribution in [0, 0.1) is 5.41 Å². The first-order chi connectivity index (χ1) is 16.3. The molecule has 0 fully saturated rings. The number of benzene rings is 2. The normalized spacial score (nSPS) is 11.9. The van der Waals surface area contributed by atoms with Crippen molar-refractivity contribution in [3.8, 4) is 22.5 Å². The summed E-state index contributed by atoms with van der Waals surface area (Å²) in [5.41, 5.74) is 6.07. The van der Waals surface area contributed by atoms with Crippen molar-refractivity contribution in [1.29, 1.82) is 0 Å². The highest BCUT2D eigenvalue weighted by Gasteiger charge is 2.22. The molecule has 0 spiro atoms. The van der Waals surface area contributed by atoms with Gasteiger partial charge in [0.1, 0.15) is 16.9 Å². The molecule has 0 aliphatic heterocycles. The van der Waals surface area contributed by atoms with E-state index in [1.165, 1.54) is 0 Å². The Hall–Kier alpha value is -2.98. The summed E-state index contributed by atoms with van der Waals surface area (Å²) < 4.78 is 3.56. The van der Waals surface area contributed by atoms with Crippen LogP contribution in [0.15, 0.2) is 57.7 Å². The summed E-state index contributed by atoms with van der Waals surface area (Å²) in [6, 6.07) is 16.6. The highest BCUT2D eigenvalue weighted by atomic mass is 79.9. The van der Waals surface area contributed by atoms with E-state index >= 15 is 0 Å². The first-order valence-corrected chi connectivity index (χ1v) is 12.4. The van der Waals surface area contributed by atoms with E-state index < -0.39 is 0 Å². The number of halogens is 2. The molecule has 0 atom stereocenters. The Kier molecular flexibility index (Phi) is 6.03. The van der Waals surface area contributed by atoms with Crippen LogP contribution in [0.4, 0.5) is 0 Å². The van der Waals surface area contributed by atoms with Crippen LogP contribution in [0.2, 0.25) is 0 Å². The standard InChI is InChI=1S/C24H22Br2N8/c1-24(2,3)12-18-27-19-20(22(26)29-28-21(19)25)34(18)13-14-8-10-15(11-9-14)16-6-4-5-7-17(16)23-30-32-33-31-23/h4-11H,12-13H2,1-3H3,(H,30,31,32,33). The van der Waals surface area contributed by atoms with Crippen LogP contribution in [0.1, 0.15) is 32.2 Å². The number of imidazole rings is 1. The van der Waals surface area contributed by atoms with E-state index in [0.717, 1.165) is 45.5 Å². The van der Waals surface area contributed by atoms with E-state index in [1.54, 1.807) is 0 Å². The summed E-state index contributed by atoms with van der Waals surface area (Å²) in [5, 5.41) is 22.9. The van der Waals surface area contributed by atoms with Crippen molar-refractivity contribution >= 4 is 42.9 Å². The lowest BCUT2D eigenvalue weighted by atomic mass is 9.92. The van der Waals surface area contributed by atoms with E-state index in [0.29, 0.717) is 21.6 Å². The maximum absolute atomic E-state index is 4.92. The third-order valence-electron chi connectivity index (χ3n) is 5.47. The third-order valence-corrected chi connectivity index (χ3v) is 6.54. The molecule has 172 valence electrons. The van der Waals surface area contributed by atoms with Crippen LogP contribution in [0.25, 0.3) is 33.5 Å². The van der Waals surface area contributed by atoms with Gasteiger partial charge in [0, 0.05) is 18.5 Å². The van der Waals surface area contributed by atoms with Crippen molar-refractivity contribution in [3.63, 3.8) is 0 Å². The Balaban J connectivity index is 1.53. The number of hydrogen-bond donors (Lipinski definition) is 1. The number of rotatable bonds is 5. The van der Waals surface area contributed by atoms with Gasteiger partial charge in [-0.15, -0.1) is 20.4 Å². The lowest BCUT2D eigenvalue weighted by molar-refractivity contribution is 0.394. The largest absolute Gasteiger partial charge is 0.321 e. The van der Waals surface area contributed by atoms with E-state index in [9.17, 15) is 0 Å². The molecular weight excluding hydrogens is 560 g/mol. The average Bonchev–Trinajstić information content (AvgIpc) is 3.46. The Morgan fingerprint density at radius 3 is 2.26 bits per heavy atom. The van der Waals surface area contributed by atoms with Crippen LogP contribution in [0.5, 0.6) is 0 Å². The lowest BCUT2D eigenvalue weighted by Gasteiger charge is -2.19. The number of aromatic amines is 1. The SMILES string of the molecule is CC(C)(C)Cc1nc2c(Br)nnc(Br)c2n1Cc1ccc(-c2ccccc2-c2nn[nH]n2)cc1. The molecule has 5 aromatic rings. The molecule has 34 heavy (non-hydrogen) atoms. The van der Waals surface area contributed by atoms with Crippen molar-refractivity contribution in [1.82, 2.24) is 40.4 Å². The van der Waals surface area contributed by atoms with E-state index in [4.69, 9.17) is 4.98 Å². The molecule has 0 saturated carbocycles. The molecule has 8 nitrogen and oxygen atoms in total. The van der Waals surface area contributed by atoms with Gasteiger partial charge in [0.2, 0.25) is 5.82 Å². The minimum Gasteiger partial charge on any atom is -0.321 e. The summed E-state index contributed by atoms with van der Waals surface area (Å²) in [4.78, 5) is 4.92. The van der Waals surface area contributed by atoms with Gasteiger partial charge in [-0.25, -0.2) is 4.98 Å². The van der Waals surface area contributed by atoms with Gasteiger partial charge in [0.05, 0.1) is 0 Å². The number of nitrogens with zero attached hydrogens (tertiary/aromatic N) is 7. The maximum Gasteiger partial charge on any atom is 0.205 e. The summed E-state index contributed by atoms with van der Waals surface area (Å²) in [5.74, 6) is 1.58. The van der Waals surface area contributed by atoms with Crippen LogP contribution >= 0.6 is 31.9 Å². The number of hydrogen-bond acceptors (Lipinski definition) is 6. The van der Waals surface area contributed by atoms with Gasteiger partial charge in [0.15, 0.2) is 9.21 Å². The van der Waals surface area contributed by atoms with Gasteiger partial charge < -0.3 is 4.57 Å². The molecule has 1 N–H and O–H groups in total. The summed E-state index contributed by atoms with van der Waals surface area (Å²) in [7, 11) is 0. The number of tetrazole rings is 1. The van der Waals surface area contributed by atoms with Gasteiger partial charge in [-0.1, -0.05) is 69.3 Å². The number of nitrogens with one attached hydrogen (secondary N) is 1. The van der Waals surface area contributed by atoms with Crippen molar-refractivity contribution in [2.45, 2.75) is 33.7 Å². The predicted molar refractivity (Wildman–Crippen MR) is 138 cm³/mol. The Morgan fingerprint density at radius 1 is 0.882 bits per heavy atom. The quantitative estimate of drug-likeness (QED) is 0.280. The Morgan fingerprint density at radius 2 is 1.59 bits per heavy atom. The van der Waals surface area contributed by atoms with Gasteiger partial charge in [-0.2, -0.15) is 5.21 Å². The minimum atomic E-state index is 0.0850. The smallest absolute Gasteiger partial charge is 0.205 e. The van der Waals surface area contributed by atoms with Gasteiger partial charge in [-0.3, -0.25) is 0 Å². The zero-order valence-corrected chi connectivity index (χ0v) is 22.1. The lowest BCUT2D eigenvalue weighted by Crippen LogP contribution is -2.15. The van der Waals surface area contributed by atoms with Gasteiger partial charge in [0.25, 0.3) is 0 Å². The van der Waals surface area contributed by atoms with Crippen LogP contribution in [-0.4, -0.2) is 40.4 Å². The predicted octanol–water partition coefficient (Wildman–Crippen LogP) is 5.84. The van der Waals surface area contributed by atoms with E-state index in [1.807, 2.05) is 18.2 Å². The maximum atomic E-state index is 4.92. The molecule has 2 aromatic carbocycles. The molecule has 0 aliphatic carbocycles. The highest BCUT2D eigenvalue weighted by Crippen LogP contribution is 2.32. The van der Waals surface area contributed by atoms with Crippen molar-refractivity contribution in [3.05, 3.63) is 69.1 Å². The van der Waals surface area contributed by atoms with Crippen LogP contribution in [0.3, 0.4) is 0 Å². The topological polar surface area (TPSA) is 98.1 Å². The zero-order chi connectivity index (χ0) is 23.9. The van der Waals surface area contributed by atoms with Crippen molar-refractivity contribution in [2.75, 3.05) is 0 Å². The summed E-state index contributed by atoms with van der Waals surface area (Å²) in [6.07, 6.45) is 0.830. The fraction of sp³-hybridized carbons (Fsp3) is 0.250. The third kappa shape index (κ3) is 4.52. The van der Waals surface area contributed by atoms with Crippen LogP contribution < -0.4 is 0 Å². The van der Waals surface area contributed by atoms with Gasteiger partial charge >= 0.3 is 0 Å². The average molecular weight is 582 g/mol. The molecule has 0 bridgehead atoms. The molecule has 0 radical (unpaired) electrons. The number of H-pyrrole nitrogens is 1. The Labute approximate surface area is 213 Å². The van der Waals surface area contributed by atoms with Crippen molar-refractivity contribution < 1.29 is 0 Å². The second-order valence-electron chi connectivity index (χ2n) is 9.31. The van der Waals surface area contributed by atoms with Crippen molar-refractivity contribution in [2.24, 2.45) is 5.41 Å². The number of fused-ring (bicyclic) bond motifs is 1. The monoisotopic (exact) mass is 580 g/mol. The molecular formula is C24H22Br2N8. The number of aromatic nitrogens is 8. The second kappa shape index (κ2) is 8.99. The van der Waals surface area contributed by atoms with Gasteiger partial charge in [-0.05, 0) is 59.2 Å². The summed E-state index contributed by atoms with van der Waals surface area (Å²) in [6.45, 7) is 7.32. The zero-order valence-electron chi connectivity index (χ0n) is 18.9. The first kappa shape index (κ1) is 22.8. The highest BCUT2D eigenvalue weighted by molar-refractivity contribution is 9.11. The molecule has 3 aromatic heterocycles. The molecule has 0 unspecified atom stereocenters. The molecule has 5 rings (SSSR count). The molecule has 0 amide bonds. The minimum absolute atomic E-state index is 0.0850. The fourth-order valence-electron chi connectivity index (χ4n) is 3.99. The Bertz CT molecular complexity index is 1450. The van der Waals surface area contributed by atoms with Crippen LogP contribution in [-0.2, 0) is 13.0 Å². The molecule has 0 aliphatic rings.